The van der Waals surface area contributed by atoms with Crippen LogP contribution in [0.4, 0.5) is 14.9 Å². The van der Waals surface area contributed by atoms with Crippen molar-refractivity contribution in [3.05, 3.63) is 47.8 Å². The summed E-state index contributed by atoms with van der Waals surface area (Å²) in [6, 6.07) is 11.6. The average molecular weight is 580 g/mol. The molecule has 220 valence electrons. The van der Waals surface area contributed by atoms with Crippen LogP contribution in [-0.4, -0.2) is 46.1 Å². The number of urea groups is 1. The highest BCUT2D eigenvalue weighted by Crippen LogP contribution is 2.48. The smallest absolute Gasteiger partial charge is 0.349 e. The summed E-state index contributed by atoms with van der Waals surface area (Å²) in [6.45, 7) is 9.37. The van der Waals surface area contributed by atoms with E-state index in [1.807, 2.05) is 33.9 Å². The Bertz CT molecular complexity index is 1450. The molecule has 2 aliphatic heterocycles. The molecule has 0 spiro atoms. The first-order chi connectivity index (χ1) is 19.7. The maximum atomic E-state index is 15.5. The Labute approximate surface area is 246 Å². The molecule has 0 radical (unpaired) electrons. The number of ether oxygens (including phenoxy) is 1. The van der Waals surface area contributed by atoms with Crippen molar-refractivity contribution in [1.82, 2.24) is 19.7 Å². The second-order valence-corrected chi connectivity index (χ2v) is 13.5. The number of halogens is 1. The number of anilines is 1. The van der Waals surface area contributed by atoms with Gasteiger partial charge in [0.05, 0.1) is 23.5 Å². The van der Waals surface area contributed by atoms with Gasteiger partial charge in [0.15, 0.2) is 11.6 Å². The van der Waals surface area contributed by atoms with Crippen LogP contribution in [0.3, 0.4) is 0 Å². The van der Waals surface area contributed by atoms with Gasteiger partial charge in [0.1, 0.15) is 0 Å². The molecule has 3 heterocycles. The Balaban J connectivity index is 1.63. The van der Waals surface area contributed by atoms with Crippen molar-refractivity contribution in [2.75, 3.05) is 24.3 Å². The van der Waals surface area contributed by atoms with E-state index in [1.165, 1.54) is 48.2 Å². The van der Waals surface area contributed by atoms with Crippen LogP contribution in [0.15, 0.2) is 36.4 Å². The Kier molecular flexibility index (Phi) is 7.72. The van der Waals surface area contributed by atoms with Gasteiger partial charge in [-0.2, -0.15) is 4.41 Å². The third kappa shape index (κ3) is 5.21. The lowest BCUT2D eigenvalue weighted by molar-refractivity contribution is 0.136. The summed E-state index contributed by atoms with van der Waals surface area (Å²) >= 11 is 1.44. The summed E-state index contributed by atoms with van der Waals surface area (Å²) in [5.74, 6) is 1.20. The molecule has 1 unspecified atom stereocenters. The van der Waals surface area contributed by atoms with Crippen molar-refractivity contribution in [3.63, 3.8) is 0 Å². The molecular formula is C32H42FN5O2S. The number of aromatic nitrogens is 1. The molecule has 2 atom stereocenters. The number of para-hydroxylation sites is 1. The molecule has 3 aromatic rings. The number of hydrogen-bond donors (Lipinski definition) is 2. The first-order valence-corrected chi connectivity index (χ1v) is 16.0. The normalized spacial score (nSPS) is 23.4. The van der Waals surface area contributed by atoms with Crippen molar-refractivity contribution in [3.8, 4) is 17.0 Å². The number of nitrogens with one attached hydrogen (secondary N) is 2. The fourth-order valence-electron chi connectivity index (χ4n) is 6.96. The van der Waals surface area contributed by atoms with Crippen LogP contribution in [0.5, 0.6) is 5.75 Å². The minimum Gasteiger partial charge on any atom is -0.489 e. The summed E-state index contributed by atoms with van der Waals surface area (Å²) in [4.78, 5) is 15.5. The molecule has 41 heavy (non-hydrogen) atoms. The van der Waals surface area contributed by atoms with Crippen molar-refractivity contribution in [2.24, 2.45) is 5.92 Å². The molecule has 2 N–H and O–H groups in total. The molecule has 1 fully saturated rings. The number of hydrogen-bond acceptors (Lipinski definition) is 5. The van der Waals surface area contributed by atoms with Gasteiger partial charge in [0, 0.05) is 47.9 Å². The van der Waals surface area contributed by atoms with Gasteiger partial charge in [-0.05, 0) is 81.3 Å². The SMILES string of the molecule is CCSN1NC(C)(C)NC(C)[C@@H]2COc3c(F)cccc3-c3c(C4CCCCC4)c4ccc(cc4n3C2)N(C)C1=O. The van der Waals surface area contributed by atoms with Crippen LogP contribution in [0.25, 0.3) is 22.2 Å². The molecule has 0 saturated heterocycles. The third-order valence-corrected chi connectivity index (χ3v) is 9.73. The number of nitrogens with zero attached hydrogens (tertiary/aromatic N) is 3. The molecule has 2 aromatic carbocycles. The number of amides is 2. The van der Waals surface area contributed by atoms with Gasteiger partial charge in [-0.3, -0.25) is 10.2 Å². The summed E-state index contributed by atoms with van der Waals surface area (Å²) in [6.07, 6.45) is 5.92. The topological polar surface area (TPSA) is 61.8 Å². The zero-order valence-electron chi connectivity index (χ0n) is 24.8. The predicted octanol–water partition coefficient (Wildman–Crippen LogP) is 7.26. The molecule has 1 aliphatic carbocycles. The molecule has 7 nitrogen and oxygen atoms in total. The predicted molar refractivity (Wildman–Crippen MR) is 166 cm³/mol. The van der Waals surface area contributed by atoms with Crippen molar-refractivity contribution in [2.45, 2.75) is 84.0 Å². The molecular weight excluding hydrogens is 537 g/mol. The number of benzene rings is 2. The Morgan fingerprint density at radius 1 is 1.15 bits per heavy atom. The van der Waals surface area contributed by atoms with Gasteiger partial charge in [0.25, 0.3) is 0 Å². The zero-order chi connectivity index (χ0) is 28.9. The number of carbonyl (C=O) groups excluding carboxylic acids is 1. The highest BCUT2D eigenvalue weighted by molar-refractivity contribution is 7.97. The second-order valence-electron chi connectivity index (χ2n) is 12.3. The highest BCUT2D eigenvalue weighted by atomic mass is 32.2. The summed E-state index contributed by atoms with van der Waals surface area (Å²) in [5, 5.41) is 4.92. The van der Waals surface area contributed by atoms with Crippen LogP contribution in [0.2, 0.25) is 0 Å². The van der Waals surface area contributed by atoms with E-state index in [-0.39, 0.29) is 23.8 Å². The minimum absolute atomic E-state index is 0.000465. The van der Waals surface area contributed by atoms with Gasteiger partial charge in [-0.25, -0.2) is 14.6 Å². The van der Waals surface area contributed by atoms with Crippen LogP contribution >= 0.6 is 11.9 Å². The van der Waals surface area contributed by atoms with Gasteiger partial charge in [0.2, 0.25) is 0 Å². The second kappa shape index (κ2) is 11.2. The lowest BCUT2D eigenvalue weighted by Gasteiger charge is -2.39. The van der Waals surface area contributed by atoms with E-state index < -0.39 is 5.66 Å². The maximum Gasteiger partial charge on any atom is 0.349 e. The van der Waals surface area contributed by atoms with E-state index in [2.05, 4.69) is 40.4 Å². The zero-order valence-corrected chi connectivity index (χ0v) is 25.6. The lowest BCUT2D eigenvalue weighted by Crippen LogP contribution is -2.63. The van der Waals surface area contributed by atoms with Gasteiger partial charge >= 0.3 is 6.03 Å². The van der Waals surface area contributed by atoms with Crippen molar-refractivity contribution < 1.29 is 13.9 Å². The first kappa shape index (κ1) is 28.4. The number of carbonyl (C=O) groups is 1. The molecule has 1 saturated carbocycles. The van der Waals surface area contributed by atoms with E-state index >= 15 is 4.39 Å². The molecule has 6 rings (SSSR count). The molecule has 4 bridgehead atoms. The average Bonchev–Trinajstić information content (AvgIpc) is 3.25. The van der Waals surface area contributed by atoms with E-state index in [1.54, 1.807) is 15.4 Å². The van der Waals surface area contributed by atoms with Crippen molar-refractivity contribution in [1.29, 1.82) is 0 Å². The molecule has 2 amide bonds. The number of rotatable bonds is 3. The first-order valence-electron chi connectivity index (χ1n) is 15.0. The Morgan fingerprint density at radius 2 is 1.93 bits per heavy atom. The van der Waals surface area contributed by atoms with Crippen LogP contribution in [0, 0.1) is 11.7 Å². The van der Waals surface area contributed by atoms with Crippen LogP contribution < -0.4 is 20.4 Å². The van der Waals surface area contributed by atoms with Crippen LogP contribution in [0.1, 0.15) is 71.3 Å². The maximum absolute atomic E-state index is 15.5. The quantitative estimate of drug-likeness (QED) is 0.320. The largest absolute Gasteiger partial charge is 0.489 e. The lowest BCUT2D eigenvalue weighted by atomic mass is 9.81. The standard InChI is InChI=1S/C32H42FN5O2S/c1-6-41-38-31(39)36(5)23-15-16-24-27(17-23)37-18-22(20(2)34-32(3,4)35-38)19-40-30-25(13-10-14-26(30)33)29(37)28(24)21-11-8-7-9-12-21/h10,13-17,20-22,34-35H,6-9,11-12,18-19H2,1-5H3/t20?,22-/m0/s1. The summed E-state index contributed by atoms with van der Waals surface area (Å²) in [5.41, 5.74) is 7.93. The Morgan fingerprint density at radius 3 is 2.68 bits per heavy atom. The minimum atomic E-state index is -0.599. The molecule has 1 aromatic heterocycles. The monoisotopic (exact) mass is 579 g/mol. The fraction of sp³-hybridized carbons (Fsp3) is 0.531. The number of hydrazine groups is 1. The number of fused-ring (bicyclic) bond motifs is 4. The molecule has 3 aliphatic rings. The van der Waals surface area contributed by atoms with Gasteiger partial charge in [-0.1, -0.05) is 38.3 Å². The highest BCUT2D eigenvalue weighted by Gasteiger charge is 2.36. The van der Waals surface area contributed by atoms with Crippen molar-refractivity contribution >= 4 is 34.6 Å². The van der Waals surface area contributed by atoms with E-state index in [9.17, 15) is 4.79 Å². The van der Waals surface area contributed by atoms with E-state index in [4.69, 9.17) is 4.74 Å². The molecule has 9 heteroatoms. The van der Waals surface area contributed by atoms with Crippen LogP contribution in [-0.2, 0) is 6.54 Å². The fourth-order valence-corrected chi connectivity index (χ4v) is 7.75. The van der Waals surface area contributed by atoms with E-state index in [0.29, 0.717) is 24.8 Å². The summed E-state index contributed by atoms with van der Waals surface area (Å²) in [7, 11) is 1.83. The Hall–Kier alpha value is -2.75. The summed E-state index contributed by atoms with van der Waals surface area (Å²) < 4.78 is 25.9. The third-order valence-electron chi connectivity index (χ3n) is 8.96. The van der Waals surface area contributed by atoms with E-state index in [0.717, 1.165) is 41.1 Å². The van der Waals surface area contributed by atoms with Gasteiger partial charge in [-0.15, -0.1) is 0 Å². The van der Waals surface area contributed by atoms with Gasteiger partial charge < -0.3 is 9.30 Å².